The fourth-order valence-corrected chi connectivity index (χ4v) is 1.67. The Bertz CT molecular complexity index is 452. The van der Waals surface area contributed by atoms with E-state index in [9.17, 15) is 4.79 Å². The summed E-state index contributed by atoms with van der Waals surface area (Å²) in [5, 5.41) is 9.18. The fourth-order valence-electron chi connectivity index (χ4n) is 1.67. The number of halogens is 1. The number of rotatable bonds is 6. The Morgan fingerprint density at radius 2 is 2.05 bits per heavy atom. The number of aliphatic imine (C=N–C) groups is 1. The van der Waals surface area contributed by atoms with Gasteiger partial charge in [-0.25, -0.2) is 9.98 Å². The van der Waals surface area contributed by atoms with Gasteiger partial charge >= 0.3 is 0 Å². The number of guanidine groups is 1. The van der Waals surface area contributed by atoms with Crippen LogP contribution in [0.4, 0.5) is 0 Å². The molecular weight excluding hydrogens is 395 g/mol. The zero-order valence-electron chi connectivity index (χ0n) is 13.7. The minimum absolute atomic E-state index is 0. The number of imidazole rings is 1. The molecule has 1 amide bonds. The third kappa shape index (κ3) is 9.59. The minimum atomic E-state index is -0.236. The number of hydrogen-bond acceptors (Lipinski definition) is 3. The third-order valence-corrected chi connectivity index (χ3v) is 2.46. The lowest BCUT2D eigenvalue weighted by atomic mass is 10.1. The van der Waals surface area contributed by atoms with E-state index in [1.165, 1.54) is 0 Å². The molecule has 22 heavy (non-hydrogen) atoms. The van der Waals surface area contributed by atoms with Crippen LogP contribution >= 0.6 is 24.0 Å². The lowest BCUT2D eigenvalue weighted by molar-refractivity contribution is -0.121. The van der Waals surface area contributed by atoms with Crippen molar-refractivity contribution in [3.63, 3.8) is 0 Å². The van der Waals surface area contributed by atoms with Gasteiger partial charge in [-0.2, -0.15) is 0 Å². The monoisotopic (exact) mass is 422 g/mol. The molecule has 1 aromatic rings. The Kier molecular flexibility index (Phi) is 9.79. The first-order valence-corrected chi connectivity index (χ1v) is 7.19. The molecule has 7 nitrogen and oxygen atoms in total. The Morgan fingerprint density at radius 1 is 1.32 bits per heavy atom. The van der Waals surface area contributed by atoms with E-state index in [-0.39, 0.29) is 42.0 Å². The molecule has 126 valence electrons. The van der Waals surface area contributed by atoms with Crippen molar-refractivity contribution in [1.29, 1.82) is 0 Å². The molecule has 0 aliphatic rings. The van der Waals surface area contributed by atoms with Crippen molar-refractivity contribution in [2.45, 2.75) is 39.8 Å². The topological polar surface area (TPSA) is 83.3 Å². The highest BCUT2D eigenvalue weighted by Crippen LogP contribution is 1.97. The van der Waals surface area contributed by atoms with Gasteiger partial charge in [0.05, 0.1) is 6.33 Å². The van der Waals surface area contributed by atoms with Gasteiger partial charge in [-0.15, -0.1) is 24.0 Å². The van der Waals surface area contributed by atoms with Gasteiger partial charge in [0.2, 0.25) is 5.91 Å². The van der Waals surface area contributed by atoms with Crippen molar-refractivity contribution in [3.8, 4) is 0 Å². The summed E-state index contributed by atoms with van der Waals surface area (Å²) in [5.74, 6) is 0.552. The average Bonchev–Trinajstić information content (AvgIpc) is 2.87. The highest BCUT2D eigenvalue weighted by atomic mass is 127. The summed E-state index contributed by atoms with van der Waals surface area (Å²) >= 11 is 0. The lowest BCUT2D eigenvalue weighted by Crippen LogP contribution is -2.43. The van der Waals surface area contributed by atoms with E-state index in [4.69, 9.17) is 0 Å². The molecule has 0 aliphatic carbocycles. The molecule has 8 heteroatoms. The standard InChI is InChI=1S/C14H26N6O.HI/c1-5-16-13(17-7-9-20-8-6-15-11-20)18-10-12(21)19-14(2,3)4;/h6,8,11H,5,7,9-10H2,1-4H3,(H,19,21)(H2,16,17,18);1H. The van der Waals surface area contributed by atoms with Gasteiger partial charge < -0.3 is 20.5 Å². The first-order chi connectivity index (χ1) is 9.90. The van der Waals surface area contributed by atoms with Crippen LogP contribution in [0.2, 0.25) is 0 Å². The Labute approximate surface area is 149 Å². The SMILES string of the molecule is CCNC(=NCC(=O)NC(C)(C)C)NCCn1ccnc1.I. The predicted octanol–water partition coefficient (Wildman–Crippen LogP) is 0.971. The quantitative estimate of drug-likeness (QED) is 0.363. The molecule has 3 N–H and O–H groups in total. The Balaban J connectivity index is 0.00000441. The predicted molar refractivity (Wildman–Crippen MR) is 99.5 cm³/mol. The third-order valence-electron chi connectivity index (χ3n) is 2.46. The van der Waals surface area contributed by atoms with Gasteiger partial charge in [-0.05, 0) is 27.7 Å². The second-order valence-electron chi connectivity index (χ2n) is 5.72. The second kappa shape index (κ2) is 10.4. The van der Waals surface area contributed by atoms with E-state index in [1.807, 2.05) is 38.5 Å². The van der Waals surface area contributed by atoms with Crippen molar-refractivity contribution in [1.82, 2.24) is 25.5 Å². The van der Waals surface area contributed by atoms with Crippen LogP contribution in [-0.2, 0) is 11.3 Å². The summed E-state index contributed by atoms with van der Waals surface area (Å²) in [6.07, 6.45) is 5.42. The van der Waals surface area contributed by atoms with Crippen LogP contribution in [0.1, 0.15) is 27.7 Å². The molecule has 0 atom stereocenters. The van der Waals surface area contributed by atoms with E-state index in [1.54, 1.807) is 12.5 Å². The van der Waals surface area contributed by atoms with Crippen molar-refractivity contribution in [2.75, 3.05) is 19.6 Å². The molecule has 0 saturated heterocycles. The summed E-state index contributed by atoms with van der Waals surface area (Å²) in [5.41, 5.74) is -0.236. The van der Waals surface area contributed by atoms with Crippen LogP contribution in [0.3, 0.4) is 0 Å². The van der Waals surface area contributed by atoms with Gasteiger partial charge in [0.1, 0.15) is 6.54 Å². The smallest absolute Gasteiger partial charge is 0.242 e. The van der Waals surface area contributed by atoms with Gasteiger partial charge in [0, 0.05) is 37.6 Å². The maximum atomic E-state index is 11.7. The molecule has 0 radical (unpaired) electrons. The molecule has 0 aromatic carbocycles. The lowest BCUT2D eigenvalue weighted by Gasteiger charge is -2.20. The first kappa shape index (κ1) is 20.7. The minimum Gasteiger partial charge on any atom is -0.357 e. The summed E-state index contributed by atoms with van der Waals surface area (Å²) in [6.45, 7) is 10.2. The average molecular weight is 422 g/mol. The molecule has 1 heterocycles. The van der Waals surface area contributed by atoms with Crippen LogP contribution in [-0.4, -0.2) is 46.6 Å². The number of nitrogens with zero attached hydrogens (tertiary/aromatic N) is 3. The molecule has 0 unspecified atom stereocenters. The van der Waals surface area contributed by atoms with E-state index < -0.39 is 0 Å². The van der Waals surface area contributed by atoms with E-state index in [0.29, 0.717) is 12.5 Å². The van der Waals surface area contributed by atoms with Gasteiger partial charge in [-0.3, -0.25) is 4.79 Å². The summed E-state index contributed by atoms with van der Waals surface area (Å²) in [7, 11) is 0. The number of aromatic nitrogens is 2. The van der Waals surface area contributed by atoms with Crippen LogP contribution in [0.5, 0.6) is 0 Å². The molecule has 1 aromatic heterocycles. The first-order valence-electron chi connectivity index (χ1n) is 7.19. The number of amides is 1. The van der Waals surface area contributed by atoms with Gasteiger partial charge in [0.25, 0.3) is 0 Å². The highest BCUT2D eigenvalue weighted by Gasteiger charge is 2.13. The number of carbonyl (C=O) groups is 1. The second-order valence-corrected chi connectivity index (χ2v) is 5.72. The molecule has 0 spiro atoms. The van der Waals surface area contributed by atoms with Gasteiger partial charge in [-0.1, -0.05) is 0 Å². The maximum absolute atomic E-state index is 11.7. The summed E-state index contributed by atoms with van der Waals surface area (Å²) in [6, 6.07) is 0. The zero-order chi connectivity index (χ0) is 15.7. The highest BCUT2D eigenvalue weighted by molar-refractivity contribution is 14.0. The number of nitrogens with one attached hydrogen (secondary N) is 3. The normalized spacial score (nSPS) is 11.5. The van der Waals surface area contributed by atoms with Crippen LogP contribution in [0.15, 0.2) is 23.7 Å². The van der Waals surface area contributed by atoms with Crippen LogP contribution in [0.25, 0.3) is 0 Å². The van der Waals surface area contributed by atoms with E-state index in [0.717, 1.165) is 13.1 Å². The van der Waals surface area contributed by atoms with E-state index >= 15 is 0 Å². The molecule has 0 fully saturated rings. The molecule has 0 bridgehead atoms. The van der Waals surface area contributed by atoms with E-state index in [2.05, 4.69) is 25.9 Å². The van der Waals surface area contributed by atoms with Crippen molar-refractivity contribution in [2.24, 2.45) is 4.99 Å². The molecule has 0 saturated carbocycles. The van der Waals surface area contributed by atoms with Crippen molar-refractivity contribution in [3.05, 3.63) is 18.7 Å². The summed E-state index contributed by atoms with van der Waals surface area (Å²) < 4.78 is 1.98. The zero-order valence-corrected chi connectivity index (χ0v) is 16.0. The van der Waals surface area contributed by atoms with Crippen LogP contribution < -0.4 is 16.0 Å². The molecule has 0 aliphatic heterocycles. The van der Waals surface area contributed by atoms with Gasteiger partial charge in [0.15, 0.2) is 5.96 Å². The van der Waals surface area contributed by atoms with Crippen LogP contribution in [0, 0.1) is 0 Å². The fraction of sp³-hybridized carbons (Fsp3) is 0.643. The largest absolute Gasteiger partial charge is 0.357 e. The molecule has 1 rings (SSSR count). The van der Waals surface area contributed by atoms with Crippen molar-refractivity contribution < 1.29 is 4.79 Å². The Hall–Kier alpha value is -1.32. The summed E-state index contributed by atoms with van der Waals surface area (Å²) in [4.78, 5) is 20.0. The molecular formula is C14H27IN6O. The van der Waals surface area contributed by atoms with Crippen molar-refractivity contribution >= 4 is 35.8 Å². The Morgan fingerprint density at radius 3 is 2.59 bits per heavy atom. The number of hydrogen-bond donors (Lipinski definition) is 3. The maximum Gasteiger partial charge on any atom is 0.242 e. The number of carbonyl (C=O) groups excluding carboxylic acids is 1.